The van der Waals surface area contributed by atoms with Crippen LogP contribution in [0, 0.1) is 5.92 Å². The van der Waals surface area contributed by atoms with E-state index in [9.17, 15) is 9.59 Å². The summed E-state index contributed by atoms with van der Waals surface area (Å²) in [5.74, 6) is 1.28. The Morgan fingerprint density at radius 1 is 1.00 bits per heavy atom. The monoisotopic (exact) mass is 428 g/mol. The molecule has 1 aromatic rings. The number of fused-ring (bicyclic) bond motifs is 1. The standard InChI is InChI=1S/C24H32N2O5/c1-29-19-13-15(14-20(30-2)22(19)31-3)21(23(27)25-16-9-5-4-6-10-16)26-18-12-8-7-11-17(18)24(26)28/h7-8,13-14,16-18,21H,4-6,9-12H2,1-3H3,(H,25,27)/t17-,18+,21?/m1/s1. The van der Waals surface area contributed by atoms with E-state index in [0.717, 1.165) is 38.5 Å². The Morgan fingerprint density at radius 3 is 2.26 bits per heavy atom. The van der Waals surface area contributed by atoms with Crippen molar-refractivity contribution in [2.45, 2.75) is 63.1 Å². The molecule has 2 aliphatic carbocycles. The SMILES string of the molecule is COc1cc(C(C(=O)NC2CCCCC2)N2C(=O)[C@@H]3CC=CC[C@@H]32)cc(OC)c1OC. The normalized spacial score (nSPS) is 24.1. The van der Waals surface area contributed by atoms with Crippen LogP contribution in [0.25, 0.3) is 0 Å². The average Bonchev–Trinajstić information content (AvgIpc) is 2.81. The smallest absolute Gasteiger partial charge is 0.247 e. The quantitative estimate of drug-likeness (QED) is 0.532. The summed E-state index contributed by atoms with van der Waals surface area (Å²) in [6.07, 6.45) is 11.1. The van der Waals surface area contributed by atoms with E-state index in [0.29, 0.717) is 22.8 Å². The van der Waals surface area contributed by atoms with Crippen LogP contribution in [0.4, 0.5) is 0 Å². The Morgan fingerprint density at radius 2 is 1.65 bits per heavy atom. The molecule has 1 aliphatic heterocycles. The summed E-state index contributed by atoms with van der Waals surface area (Å²) in [6, 6.07) is 3.04. The first kappa shape index (κ1) is 21.5. The first-order valence-electron chi connectivity index (χ1n) is 11.2. The molecule has 31 heavy (non-hydrogen) atoms. The summed E-state index contributed by atoms with van der Waals surface area (Å²) in [6.45, 7) is 0. The van der Waals surface area contributed by atoms with Crippen LogP contribution < -0.4 is 19.5 Å². The van der Waals surface area contributed by atoms with Crippen LogP contribution in [0.5, 0.6) is 17.2 Å². The molecule has 3 atom stereocenters. The van der Waals surface area contributed by atoms with E-state index >= 15 is 0 Å². The van der Waals surface area contributed by atoms with E-state index in [2.05, 4.69) is 17.5 Å². The van der Waals surface area contributed by atoms with Gasteiger partial charge in [0, 0.05) is 12.1 Å². The molecule has 1 saturated carbocycles. The van der Waals surface area contributed by atoms with Gasteiger partial charge >= 0.3 is 0 Å². The highest BCUT2D eigenvalue weighted by Gasteiger charge is 2.52. The van der Waals surface area contributed by atoms with Gasteiger partial charge in [0.25, 0.3) is 0 Å². The Kier molecular flexibility index (Phi) is 6.39. The summed E-state index contributed by atoms with van der Waals surface area (Å²) in [4.78, 5) is 28.4. The van der Waals surface area contributed by atoms with Gasteiger partial charge in [-0.1, -0.05) is 31.4 Å². The number of hydrogen-bond acceptors (Lipinski definition) is 5. The van der Waals surface area contributed by atoms with Crippen LogP contribution in [0.1, 0.15) is 56.6 Å². The van der Waals surface area contributed by atoms with Crippen molar-refractivity contribution in [1.82, 2.24) is 10.2 Å². The largest absolute Gasteiger partial charge is 0.493 e. The number of methoxy groups -OCH3 is 3. The molecule has 1 N–H and O–H groups in total. The number of β-lactam (4-membered cyclic amide) rings is 1. The second kappa shape index (κ2) is 9.20. The van der Waals surface area contributed by atoms with E-state index in [-0.39, 0.29) is 29.8 Å². The maximum absolute atomic E-state index is 13.6. The van der Waals surface area contributed by atoms with Crippen molar-refractivity contribution in [1.29, 1.82) is 0 Å². The van der Waals surface area contributed by atoms with Crippen molar-refractivity contribution in [3.05, 3.63) is 29.8 Å². The highest BCUT2D eigenvalue weighted by atomic mass is 16.5. The zero-order valence-electron chi connectivity index (χ0n) is 18.6. The molecule has 4 rings (SSSR count). The van der Waals surface area contributed by atoms with E-state index < -0.39 is 6.04 Å². The van der Waals surface area contributed by atoms with Crippen molar-refractivity contribution in [2.75, 3.05) is 21.3 Å². The van der Waals surface area contributed by atoms with Gasteiger partial charge in [0.15, 0.2) is 11.5 Å². The Balaban J connectivity index is 1.71. The lowest BCUT2D eigenvalue weighted by molar-refractivity contribution is -0.165. The third-order valence-electron chi connectivity index (χ3n) is 6.81. The number of nitrogens with zero attached hydrogens (tertiary/aromatic N) is 1. The molecule has 7 nitrogen and oxygen atoms in total. The molecular formula is C24H32N2O5. The fourth-order valence-electron chi connectivity index (χ4n) is 5.19. The zero-order valence-corrected chi connectivity index (χ0v) is 18.6. The number of allylic oxidation sites excluding steroid dienone is 1. The van der Waals surface area contributed by atoms with Crippen LogP contribution in [0.3, 0.4) is 0 Å². The summed E-state index contributed by atoms with van der Waals surface area (Å²) in [7, 11) is 4.65. The number of ether oxygens (including phenoxy) is 3. The molecule has 7 heteroatoms. The summed E-state index contributed by atoms with van der Waals surface area (Å²) < 4.78 is 16.5. The number of likely N-dealkylation sites (tertiary alicyclic amines) is 1. The second-order valence-corrected chi connectivity index (χ2v) is 8.57. The van der Waals surface area contributed by atoms with Gasteiger partial charge in [0.05, 0.1) is 27.2 Å². The van der Waals surface area contributed by atoms with Crippen molar-refractivity contribution in [2.24, 2.45) is 5.92 Å². The average molecular weight is 429 g/mol. The van der Waals surface area contributed by atoms with Gasteiger partial charge in [-0.05, 0) is 43.4 Å². The Hall–Kier alpha value is -2.70. The van der Waals surface area contributed by atoms with Crippen LogP contribution in [-0.4, -0.2) is 50.1 Å². The molecule has 1 heterocycles. The van der Waals surface area contributed by atoms with Gasteiger partial charge in [0.2, 0.25) is 17.6 Å². The molecule has 2 amide bonds. The predicted octanol–water partition coefficient (Wildman–Crippen LogP) is 3.38. The van der Waals surface area contributed by atoms with Crippen molar-refractivity contribution in [3.8, 4) is 17.2 Å². The molecule has 0 radical (unpaired) electrons. The number of nitrogens with one attached hydrogen (secondary N) is 1. The van der Waals surface area contributed by atoms with Gasteiger partial charge in [-0.3, -0.25) is 9.59 Å². The van der Waals surface area contributed by atoms with E-state index in [1.165, 1.54) is 6.42 Å². The van der Waals surface area contributed by atoms with Gasteiger partial charge < -0.3 is 24.4 Å². The van der Waals surface area contributed by atoms with E-state index in [4.69, 9.17) is 14.2 Å². The van der Waals surface area contributed by atoms with Crippen molar-refractivity contribution in [3.63, 3.8) is 0 Å². The maximum atomic E-state index is 13.6. The molecule has 1 saturated heterocycles. The second-order valence-electron chi connectivity index (χ2n) is 8.57. The molecule has 0 bridgehead atoms. The first-order valence-corrected chi connectivity index (χ1v) is 11.2. The molecule has 2 fully saturated rings. The van der Waals surface area contributed by atoms with Crippen molar-refractivity contribution < 1.29 is 23.8 Å². The lowest BCUT2D eigenvalue weighted by atomic mass is 9.77. The van der Waals surface area contributed by atoms with Crippen LogP contribution in [-0.2, 0) is 9.59 Å². The molecule has 1 aromatic carbocycles. The summed E-state index contributed by atoms with van der Waals surface area (Å²) >= 11 is 0. The highest BCUT2D eigenvalue weighted by molar-refractivity contribution is 5.94. The van der Waals surface area contributed by atoms with Gasteiger partial charge in [-0.2, -0.15) is 0 Å². The minimum Gasteiger partial charge on any atom is -0.493 e. The fraction of sp³-hybridized carbons (Fsp3) is 0.583. The third-order valence-corrected chi connectivity index (χ3v) is 6.81. The topological polar surface area (TPSA) is 77.1 Å². The third kappa shape index (κ3) is 3.98. The van der Waals surface area contributed by atoms with Crippen LogP contribution in [0.15, 0.2) is 24.3 Å². The number of rotatable bonds is 7. The molecule has 1 unspecified atom stereocenters. The van der Waals surface area contributed by atoms with Gasteiger partial charge in [-0.15, -0.1) is 0 Å². The number of carbonyl (C=O) groups excluding carboxylic acids is 2. The minimum absolute atomic E-state index is 0.0305. The molecule has 0 spiro atoms. The van der Waals surface area contributed by atoms with Crippen LogP contribution in [0.2, 0.25) is 0 Å². The Labute approximate surface area is 183 Å². The number of hydrogen-bond donors (Lipinski definition) is 1. The first-order chi connectivity index (χ1) is 15.1. The lowest BCUT2D eigenvalue weighted by Crippen LogP contribution is -2.64. The zero-order chi connectivity index (χ0) is 22.0. The Bertz CT molecular complexity index is 837. The lowest BCUT2D eigenvalue weighted by Gasteiger charge is -2.51. The highest BCUT2D eigenvalue weighted by Crippen LogP contribution is 2.45. The van der Waals surface area contributed by atoms with E-state index in [1.807, 2.05) is 0 Å². The maximum Gasteiger partial charge on any atom is 0.247 e. The fourth-order valence-corrected chi connectivity index (χ4v) is 5.19. The van der Waals surface area contributed by atoms with Crippen LogP contribution >= 0.6 is 0 Å². The summed E-state index contributed by atoms with van der Waals surface area (Å²) in [5, 5.41) is 3.22. The predicted molar refractivity (Wildman–Crippen MR) is 116 cm³/mol. The van der Waals surface area contributed by atoms with Crippen molar-refractivity contribution >= 4 is 11.8 Å². The molecule has 168 valence electrons. The van der Waals surface area contributed by atoms with Gasteiger partial charge in [0.1, 0.15) is 6.04 Å². The minimum atomic E-state index is -0.726. The molecule has 0 aromatic heterocycles. The number of carbonyl (C=O) groups is 2. The van der Waals surface area contributed by atoms with Gasteiger partial charge in [-0.25, -0.2) is 0 Å². The molecular weight excluding hydrogens is 396 g/mol. The summed E-state index contributed by atoms with van der Waals surface area (Å²) in [5.41, 5.74) is 0.671. The van der Waals surface area contributed by atoms with E-state index in [1.54, 1.807) is 38.4 Å². The molecule has 3 aliphatic rings. The number of benzene rings is 1. The number of amides is 2.